The van der Waals surface area contributed by atoms with Crippen molar-refractivity contribution < 1.29 is 9.90 Å². The minimum Gasteiger partial charge on any atom is -0.396 e. The van der Waals surface area contributed by atoms with Crippen molar-refractivity contribution in [2.24, 2.45) is 5.41 Å². The number of benzene rings is 1. The van der Waals surface area contributed by atoms with Gasteiger partial charge in [0.05, 0.1) is 0 Å². The first kappa shape index (κ1) is 18.9. The summed E-state index contributed by atoms with van der Waals surface area (Å²) in [5.74, 6) is 0.0526. The van der Waals surface area contributed by atoms with Crippen LogP contribution in [0.15, 0.2) is 30.3 Å². The second-order valence-corrected chi connectivity index (χ2v) is 7.51. The Morgan fingerprint density at radius 3 is 2.42 bits per heavy atom. The van der Waals surface area contributed by atoms with E-state index >= 15 is 0 Å². The number of hydrogen-bond donors (Lipinski definition) is 2. The van der Waals surface area contributed by atoms with Gasteiger partial charge in [0.1, 0.15) is 6.04 Å². The predicted octanol–water partition coefficient (Wildman–Crippen LogP) is 1.50. The maximum Gasteiger partial charge on any atom is 0.241 e. The highest BCUT2D eigenvalue weighted by atomic mass is 16.3. The molecule has 5 heteroatoms. The van der Waals surface area contributed by atoms with Gasteiger partial charge in [-0.25, -0.2) is 0 Å². The minimum atomic E-state index is -0.246. The van der Waals surface area contributed by atoms with Crippen molar-refractivity contribution in [3.63, 3.8) is 0 Å². The third kappa shape index (κ3) is 5.30. The van der Waals surface area contributed by atoms with Crippen molar-refractivity contribution in [3.05, 3.63) is 35.9 Å². The average molecular weight is 333 g/mol. The first-order valence-corrected chi connectivity index (χ1v) is 8.79. The van der Waals surface area contributed by atoms with Gasteiger partial charge in [0.25, 0.3) is 0 Å². The van der Waals surface area contributed by atoms with Gasteiger partial charge in [-0.15, -0.1) is 0 Å². The molecule has 1 aromatic rings. The van der Waals surface area contributed by atoms with Crippen molar-refractivity contribution in [2.75, 3.05) is 46.4 Å². The Kier molecular flexibility index (Phi) is 6.78. The Morgan fingerprint density at radius 2 is 1.83 bits per heavy atom. The van der Waals surface area contributed by atoms with E-state index in [4.69, 9.17) is 5.11 Å². The van der Waals surface area contributed by atoms with Gasteiger partial charge in [-0.05, 0) is 24.4 Å². The molecule has 0 aromatic heterocycles. The molecule has 1 aliphatic heterocycles. The van der Waals surface area contributed by atoms with Gasteiger partial charge in [0.15, 0.2) is 0 Å². The standard InChI is InChI=1S/C19H31N3O2/c1-19(2,9-14-23)15-20-18(24)17(16-7-5-4-6-8-16)22-12-10-21(3)11-13-22/h4-8,17,23H,9-15H2,1-3H3,(H,20,24). The van der Waals surface area contributed by atoms with E-state index in [1.54, 1.807) is 0 Å². The summed E-state index contributed by atoms with van der Waals surface area (Å²) in [6, 6.07) is 9.77. The molecule has 1 aromatic carbocycles. The van der Waals surface area contributed by atoms with Gasteiger partial charge in [-0.1, -0.05) is 44.2 Å². The molecule has 0 bridgehead atoms. The number of likely N-dealkylation sites (N-methyl/N-ethyl adjacent to an activating group) is 1. The van der Waals surface area contributed by atoms with Crippen LogP contribution in [0.3, 0.4) is 0 Å². The van der Waals surface area contributed by atoms with Crippen LogP contribution in [-0.4, -0.2) is 67.2 Å². The monoisotopic (exact) mass is 333 g/mol. The average Bonchev–Trinajstić information content (AvgIpc) is 2.56. The summed E-state index contributed by atoms with van der Waals surface area (Å²) in [4.78, 5) is 17.5. The summed E-state index contributed by atoms with van der Waals surface area (Å²) in [6.45, 7) is 8.59. The van der Waals surface area contributed by atoms with E-state index in [-0.39, 0.29) is 24.0 Å². The highest BCUT2D eigenvalue weighted by Crippen LogP contribution is 2.24. The molecule has 1 amide bonds. The zero-order valence-electron chi connectivity index (χ0n) is 15.2. The fourth-order valence-corrected chi connectivity index (χ4v) is 3.06. The van der Waals surface area contributed by atoms with Crippen LogP contribution in [0, 0.1) is 5.41 Å². The predicted molar refractivity (Wildman–Crippen MR) is 96.7 cm³/mol. The van der Waals surface area contributed by atoms with Crippen LogP contribution in [0.5, 0.6) is 0 Å². The molecule has 1 fully saturated rings. The largest absolute Gasteiger partial charge is 0.396 e. The number of carbonyl (C=O) groups is 1. The number of carbonyl (C=O) groups excluding carboxylic acids is 1. The molecule has 1 atom stereocenters. The van der Waals surface area contributed by atoms with Crippen molar-refractivity contribution in [3.8, 4) is 0 Å². The van der Waals surface area contributed by atoms with Crippen LogP contribution in [0.2, 0.25) is 0 Å². The third-order valence-corrected chi connectivity index (χ3v) is 4.80. The summed E-state index contributed by atoms with van der Waals surface area (Å²) in [6.07, 6.45) is 0.678. The van der Waals surface area contributed by atoms with Crippen molar-refractivity contribution in [1.82, 2.24) is 15.1 Å². The Balaban J connectivity index is 2.09. The number of piperazine rings is 1. The SMILES string of the molecule is CN1CCN(C(C(=O)NCC(C)(C)CCO)c2ccccc2)CC1. The molecule has 1 heterocycles. The number of nitrogens with zero attached hydrogens (tertiary/aromatic N) is 2. The Labute approximate surface area is 145 Å². The number of nitrogens with one attached hydrogen (secondary N) is 1. The first-order chi connectivity index (χ1) is 11.4. The number of hydrogen-bond acceptors (Lipinski definition) is 4. The van der Waals surface area contributed by atoms with Gasteiger partial charge in [0, 0.05) is 39.3 Å². The lowest BCUT2D eigenvalue weighted by molar-refractivity contribution is -0.128. The van der Waals surface area contributed by atoms with Crippen LogP contribution in [0.4, 0.5) is 0 Å². The van der Waals surface area contributed by atoms with E-state index in [9.17, 15) is 4.79 Å². The molecule has 0 spiro atoms. The molecule has 1 saturated heterocycles. The summed E-state index contributed by atoms with van der Waals surface area (Å²) >= 11 is 0. The van der Waals surface area contributed by atoms with E-state index in [2.05, 4.69) is 36.0 Å². The normalized spacial score (nSPS) is 18.3. The van der Waals surface area contributed by atoms with Crippen LogP contribution in [0.1, 0.15) is 31.9 Å². The summed E-state index contributed by atoms with van der Waals surface area (Å²) in [5.41, 5.74) is 0.938. The topological polar surface area (TPSA) is 55.8 Å². The molecular formula is C19H31N3O2. The zero-order chi connectivity index (χ0) is 17.6. The minimum absolute atomic E-state index is 0.0526. The van der Waals surface area contributed by atoms with Crippen LogP contribution >= 0.6 is 0 Å². The summed E-state index contributed by atoms with van der Waals surface area (Å²) < 4.78 is 0. The Bertz CT molecular complexity index is 511. The van der Waals surface area contributed by atoms with Gasteiger partial charge in [-0.2, -0.15) is 0 Å². The van der Waals surface area contributed by atoms with Crippen molar-refractivity contribution >= 4 is 5.91 Å². The first-order valence-electron chi connectivity index (χ1n) is 8.79. The molecular weight excluding hydrogens is 302 g/mol. The molecule has 5 nitrogen and oxygen atoms in total. The number of rotatable bonds is 7. The molecule has 0 radical (unpaired) electrons. The summed E-state index contributed by atoms with van der Waals surface area (Å²) in [5, 5.41) is 12.3. The smallest absolute Gasteiger partial charge is 0.241 e. The molecule has 24 heavy (non-hydrogen) atoms. The van der Waals surface area contributed by atoms with E-state index in [1.165, 1.54) is 0 Å². The molecule has 134 valence electrons. The van der Waals surface area contributed by atoms with Gasteiger partial charge in [-0.3, -0.25) is 9.69 Å². The number of aliphatic hydroxyl groups excluding tert-OH is 1. The zero-order valence-corrected chi connectivity index (χ0v) is 15.2. The maximum absolute atomic E-state index is 12.9. The van der Waals surface area contributed by atoms with Crippen molar-refractivity contribution in [1.29, 1.82) is 0 Å². The molecule has 2 rings (SSSR count). The second-order valence-electron chi connectivity index (χ2n) is 7.51. The van der Waals surface area contributed by atoms with Gasteiger partial charge >= 0.3 is 0 Å². The maximum atomic E-state index is 12.9. The lowest BCUT2D eigenvalue weighted by Crippen LogP contribution is -2.50. The third-order valence-electron chi connectivity index (χ3n) is 4.80. The second kappa shape index (κ2) is 8.60. The van der Waals surface area contributed by atoms with Crippen LogP contribution in [0.25, 0.3) is 0 Å². The molecule has 2 N–H and O–H groups in total. The summed E-state index contributed by atoms with van der Waals surface area (Å²) in [7, 11) is 2.12. The van der Waals surface area contributed by atoms with Crippen molar-refractivity contribution in [2.45, 2.75) is 26.3 Å². The lowest BCUT2D eigenvalue weighted by atomic mass is 9.89. The molecule has 1 aliphatic rings. The quantitative estimate of drug-likeness (QED) is 0.794. The number of amides is 1. The Hall–Kier alpha value is -1.43. The van der Waals surface area contributed by atoms with Crippen LogP contribution in [-0.2, 0) is 4.79 Å². The molecule has 1 unspecified atom stereocenters. The Morgan fingerprint density at radius 1 is 1.21 bits per heavy atom. The van der Waals surface area contributed by atoms with Crippen LogP contribution < -0.4 is 5.32 Å². The van der Waals surface area contributed by atoms with E-state index in [0.29, 0.717) is 13.0 Å². The van der Waals surface area contributed by atoms with E-state index in [0.717, 1.165) is 31.7 Å². The van der Waals surface area contributed by atoms with E-state index in [1.807, 2.05) is 30.3 Å². The van der Waals surface area contributed by atoms with Gasteiger partial charge in [0.2, 0.25) is 5.91 Å². The molecule has 0 saturated carbocycles. The van der Waals surface area contributed by atoms with E-state index < -0.39 is 0 Å². The lowest BCUT2D eigenvalue weighted by Gasteiger charge is -2.38. The number of aliphatic hydroxyl groups is 1. The fraction of sp³-hybridized carbons (Fsp3) is 0.632. The molecule has 0 aliphatic carbocycles. The fourth-order valence-electron chi connectivity index (χ4n) is 3.06. The highest BCUT2D eigenvalue weighted by molar-refractivity contribution is 5.83. The van der Waals surface area contributed by atoms with Gasteiger partial charge < -0.3 is 15.3 Å². The highest BCUT2D eigenvalue weighted by Gasteiger charge is 2.30.